The molecule has 0 aliphatic carbocycles. The molecule has 0 radical (unpaired) electrons. The third kappa shape index (κ3) is 2.55. The van der Waals surface area contributed by atoms with Crippen molar-refractivity contribution in [2.45, 2.75) is 34.1 Å². The van der Waals surface area contributed by atoms with E-state index in [2.05, 4.69) is 33.8 Å². The molecule has 0 fully saturated rings. The van der Waals surface area contributed by atoms with E-state index in [4.69, 9.17) is 9.52 Å². The van der Waals surface area contributed by atoms with E-state index in [1.165, 1.54) is 22.3 Å². The number of carbonyl (C=O) groups is 1. The van der Waals surface area contributed by atoms with Crippen LogP contribution in [-0.2, 0) is 11.2 Å². The molecule has 2 rings (SSSR count). The van der Waals surface area contributed by atoms with Gasteiger partial charge in [0.25, 0.3) is 0 Å². The zero-order chi connectivity index (χ0) is 14.2. The lowest BCUT2D eigenvalue weighted by Crippen LogP contribution is -1.98. The molecule has 0 spiro atoms. The molecule has 1 aromatic heterocycles. The summed E-state index contributed by atoms with van der Waals surface area (Å²) >= 11 is 0. The predicted octanol–water partition coefficient (Wildman–Crippen LogP) is 3.81. The van der Waals surface area contributed by atoms with Crippen molar-refractivity contribution in [3.05, 3.63) is 46.2 Å². The highest BCUT2D eigenvalue weighted by molar-refractivity contribution is 5.72. The number of rotatable bonds is 3. The number of aliphatic carboxylic acids is 1. The smallest absolute Gasteiger partial charge is 0.311 e. The van der Waals surface area contributed by atoms with Gasteiger partial charge in [-0.3, -0.25) is 4.79 Å². The van der Waals surface area contributed by atoms with Gasteiger partial charge in [0.1, 0.15) is 17.9 Å². The summed E-state index contributed by atoms with van der Waals surface area (Å²) in [7, 11) is 0. The van der Waals surface area contributed by atoms with Gasteiger partial charge in [-0.05, 0) is 62.1 Å². The average Bonchev–Trinajstić information content (AvgIpc) is 2.74. The van der Waals surface area contributed by atoms with Crippen LogP contribution in [0.2, 0.25) is 0 Å². The molecule has 0 unspecified atom stereocenters. The maximum Gasteiger partial charge on any atom is 0.311 e. The van der Waals surface area contributed by atoms with Gasteiger partial charge in [0.05, 0.1) is 0 Å². The van der Waals surface area contributed by atoms with E-state index in [1.807, 2.05) is 6.07 Å². The van der Waals surface area contributed by atoms with Gasteiger partial charge < -0.3 is 9.52 Å². The zero-order valence-electron chi connectivity index (χ0n) is 11.7. The van der Waals surface area contributed by atoms with Crippen LogP contribution in [-0.4, -0.2) is 11.1 Å². The second-order valence-electron chi connectivity index (χ2n) is 4.97. The van der Waals surface area contributed by atoms with Gasteiger partial charge in [-0.25, -0.2) is 0 Å². The van der Waals surface area contributed by atoms with Crippen LogP contribution in [0.3, 0.4) is 0 Å². The topological polar surface area (TPSA) is 50.4 Å². The molecule has 0 saturated heterocycles. The summed E-state index contributed by atoms with van der Waals surface area (Å²) in [5.41, 5.74) is 5.87. The van der Waals surface area contributed by atoms with Gasteiger partial charge in [0, 0.05) is 5.56 Å². The summed E-state index contributed by atoms with van der Waals surface area (Å²) in [6, 6.07) is 5.75. The first-order valence-electron chi connectivity index (χ1n) is 6.28. The molecule has 0 atom stereocenters. The van der Waals surface area contributed by atoms with E-state index in [-0.39, 0.29) is 6.42 Å². The summed E-state index contributed by atoms with van der Waals surface area (Å²) in [5, 5.41) is 8.78. The quantitative estimate of drug-likeness (QED) is 0.910. The Bertz CT molecular complexity index is 609. The predicted molar refractivity (Wildman–Crippen MR) is 74.4 cm³/mol. The van der Waals surface area contributed by atoms with Crippen LogP contribution in [0, 0.1) is 27.7 Å². The molecule has 3 heteroatoms. The van der Waals surface area contributed by atoms with E-state index >= 15 is 0 Å². The van der Waals surface area contributed by atoms with Gasteiger partial charge in [0.2, 0.25) is 0 Å². The highest BCUT2D eigenvalue weighted by atomic mass is 16.4. The number of carboxylic acids is 1. The maximum absolute atomic E-state index is 10.7. The van der Waals surface area contributed by atoms with E-state index in [1.54, 1.807) is 6.07 Å². The Kier molecular flexibility index (Phi) is 3.47. The Morgan fingerprint density at radius 2 is 1.68 bits per heavy atom. The third-order valence-electron chi connectivity index (χ3n) is 3.60. The van der Waals surface area contributed by atoms with Gasteiger partial charge in [0.15, 0.2) is 0 Å². The fourth-order valence-corrected chi connectivity index (χ4v) is 2.34. The summed E-state index contributed by atoms with van der Waals surface area (Å²) in [6.45, 7) is 8.28. The normalized spacial score (nSPS) is 10.7. The molecular formula is C16H18O3. The van der Waals surface area contributed by atoms with Gasteiger partial charge in [-0.1, -0.05) is 6.07 Å². The number of benzene rings is 1. The number of hydrogen-bond donors (Lipinski definition) is 1. The van der Waals surface area contributed by atoms with Crippen molar-refractivity contribution in [1.82, 2.24) is 0 Å². The van der Waals surface area contributed by atoms with Crippen molar-refractivity contribution in [1.29, 1.82) is 0 Å². The van der Waals surface area contributed by atoms with Gasteiger partial charge >= 0.3 is 5.97 Å². The molecule has 0 aliphatic rings. The van der Waals surface area contributed by atoms with E-state index in [0.717, 1.165) is 11.3 Å². The first-order valence-corrected chi connectivity index (χ1v) is 6.28. The number of aryl methyl sites for hydroxylation is 2. The van der Waals surface area contributed by atoms with Crippen molar-refractivity contribution in [2.24, 2.45) is 0 Å². The molecule has 0 aliphatic heterocycles. The largest absolute Gasteiger partial charge is 0.481 e. The monoisotopic (exact) mass is 258 g/mol. The van der Waals surface area contributed by atoms with Crippen molar-refractivity contribution < 1.29 is 14.3 Å². The lowest BCUT2D eigenvalue weighted by atomic mass is 9.93. The molecule has 1 N–H and O–H groups in total. The average molecular weight is 258 g/mol. The first kappa shape index (κ1) is 13.4. The van der Waals surface area contributed by atoms with Crippen LogP contribution < -0.4 is 0 Å². The minimum Gasteiger partial charge on any atom is -0.481 e. The molecular weight excluding hydrogens is 240 g/mol. The van der Waals surface area contributed by atoms with Crippen LogP contribution in [0.4, 0.5) is 0 Å². The zero-order valence-corrected chi connectivity index (χ0v) is 11.7. The van der Waals surface area contributed by atoms with Gasteiger partial charge in [-0.2, -0.15) is 0 Å². The van der Waals surface area contributed by atoms with Crippen LogP contribution in [0.1, 0.15) is 28.0 Å². The molecule has 0 bridgehead atoms. The Labute approximate surface area is 112 Å². The molecule has 1 aromatic carbocycles. The minimum atomic E-state index is -0.880. The Balaban J connectivity index is 2.53. The Morgan fingerprint density at radius 1 is 1.11 bits per heavy atom. The fraction of sp³-hybridized carbons (Fsp3) is 0.312. The molecule has 1 heterocycles. The summed E-state index contributed by atoms with van der Waals surface area (Å²) in [4.78, 5) is 10.7. The second-order valence-corrected chi connectivity index (χ2v) is 4.97. The minimum absolute atomic E-state index is 0.0805. The molecule has 19 heavy (non-hydrogen) atoms. The van der Waals surface area contributed by atoms with Crippen LogP contribution in [0.25, 0.3) is 11.3 Å². The Morgan fingerprint density at radius 3 is 2.21 bits per heavy atom. The van der Waals surface area contributed by atoms with Crippen molar-refractivity contribution in [3.8, 4) is 11.3 Å². The highest BCUT2D eigenvalue weighted by Gasteiger charge is 2.14. The lowest BCUT2D eigenvalue weighted by Gasteiger charge is -2.13. The number of furan rings is 1. The highest BCUT2D eigenvalue weighted by Crippen LogP contribution is 2.32. The molecule has 0 amide bonds. The summed E-state index contributed by atoms with van der Waals surface area (Å²) in [6.07, 6.45) is -0.0805. The van der Waals surface area contributed by atoms with Crippen molar-refractivity contribution in [3.63, 3.8) is 0 Å². The SMILES string of the molecule is Cc1cc(C)c(C)c(-c2ccc(CC(=O)O)o2)c1C. The third-order valence-corrected chi connectivity index (χ3v) is 3.60. The second kappa shape index (κ2) is 4.92. The molecule has 100 valence electrons. The van der Waals surface area contributed by atoms with E-state index in [9.17, 15) is 4.79 Å². The van der Waals surface area contributed by atoms with Crippen LogP contribution in [0.5, 0.6) is 0 Å². The van der Waals surface area contributed by atoms with Crippen LogP contribution in [0.15, 0.2) is 22.6 Å². The summed E-state index contributed by atoms with van der Waals surface area (Å²) in [5.74, 6) is 0.355. The van der Waals surface area contributed by atoms with Crippen molar-refractivity contribution in [2.75, 3.05) is 0 Å². The van der Waals surface area contributed by atoms with Crippen molar-refractivity contribution >= 4 is 5.97 Å². The molecule has 3 nitrogen and oxygen atoms in total. The fourth-order valence-electron chi connectivity index (χ4n) is 2.34. The first-order chi connectivity index (χ1) is 8.90. The molecule has 2 aromatic rings. The standard InChI is InChI=1S/C16H18O3/c1-9-7-10(2)12(4)16(11(9)3)14-6-5-13(19-14)8-15(17)18/h5-7H,8H2,1-4H3,(H,17,18). The van der Waals surface area contributed by atoms with E-state index in [0.29, 0.717) is 5.76 Å². The van der Waals surface area contributed by atoms with Gasteiger partial charge in [-0.15, -0.1) is 0 Å². The Hall–Kier alpha value is -2.03. The number of carboxylic acid groups (broad SMARTS) is 1. The summed E-state index contributed by atoms with van der Waals surface area (Å²) < 4.78 is 5.67. The van der Waals surface area contributed by atoms with E-state index < -0.39 is 5.97 Å². The number of hydrogen-bond acceptors (Lipinski definition) is 2. The maximum atomic E-state index is 10.7. The molecule has 0 saturated carbocycles. The lowest BCUT2D eigenvalue weighted by molar-refractivity contribution is -0.136. The van der Waals surface area contributed by atoms with Crippen LogP contribution >= 0.6 is 0 Å².